The topological polar surface area (TPSA) is 81.1 Å². The van der Waals surface area contributed by atoms with Crippen LogP contribution in [0, 0.1) is 0 Å². The SMILES string of the molecule is C[NH+](CC(=O)NC(=O)Nc1ccc2c(c1)OCO2)Cc1ccccc1. The molecule has 0 aliphatic carbocycles. The number of hydrogen-bond donors (Lipinski definition) is 3. The van der Waals surface area contributed by atoms with Crippen molar-refractivity contribution in [1.82, 2.24) is 5.32 Å². The van der Waals surface area contributed by atoms with E-state index in [0.29, 0.717) is 23.7 Å². The number of amides is 3. The van der Waals surface area contributed by atoms with Crippen LogP contribution in [0.4, 0.5) is 10.5 Å². The van der Waals surface area contributed by atoms with Crippen LogP contribution in [0.25, 0.3) is 0 Å². The fourth-order valence-electron chi connectivity index (χ4n) is 2.59. The Labute approximate surface area is 145 Å². The second-order valence-electron chi connectivity index (χ2n) is 5.87. The van der Waals surface area contributed by atoms with Crippen LogP contribution in [0.15, 0.2) is 48.5 Å². The van der Waals surface area contributed by atoms with E-state index < -0.39 is 6.03 Å². The van der Waals surface area contributed by atoms with E-state index in [-0.39, 0.29) is 19.2 Å². The summed E-state index contributed by atoms with van der Waals surface area (Å²) >= 11 is 0. The van der Waals surface area contributed by atoms with Crippen LogP contribution in [-0.4, -0.2) is 32.3 Å². The summed E-state index contributed by atoms with van der Waals surface area (Å²) in [6.45, 7) is 1.07. The highest BCUT2D eigenvalue weighted by Gasteiger charge is 2.16. The highest BCUT2D eigenvalue weighted by Crippen LogP contribution is 2.34. The molecule has 0 fully saturated rings. The Balaban J connectivity index is 1.46. The number of rotatable bonds is 5. The molecule has 1 aliphatic heterocycles. The van der Waals surface area contributed by atoms with Crippen LogP contribution in [0.2, 0.25) is 0 Å². The molecule has 0 saturated heterocycles. The molecule has 0 bridgehead atoms. The van der Waals surface area contributed by atoms with Gasteiger partial charge >= 0.3 is 6.03 Å². The molecule has 1 unspecified atom stereocenters. The predicted octanol–water partition coefficient (Wildman–Crippen LogP) is 0.778. The molecule has 0 saturated carbocycles. The van der Waals surface area contributed by atoms with Crippen molar-refractivity contribution in [2.75, 3.05) is 25.7 Å². The third-order valence-corrected chi connectivity index (χ3v) is 3.69. The third kappa shape index (κ3) is 4.71. The quantitative estimate of drug-likeness (QED) is 0.750. The number of likely N-dealkylation sites (N-methyl/N-ethyl adjacent to an activating group) is 1. The highest BCUT2D eigenvalue weighted by molar-refractivity contribution is 6.01. The van der Waals surface area contributed by atoms with E-state index in [2.05, 4.69) is 10.6 Å². The van der Waals surface area contributed by atoms with Gasteiger partial charge in [-0.15, -0.1) is 0 Å². The Morgan fingerprint density at radius 3 is 2.64 bits per heavy atom. The van der Waals surface area contributed by atoms with Crippen LogP contribution in [0.3, 0.4) is 0 Å². The number of carbonyl (C=O) groups excluding carboxylic acids is 2. The van der Waals surface area contributed by atoms with E-state index in [0.717, 1.165) is 10.5 Å². The minimum atomic E-state index is -0.573. The molecule has 2 aromatic carbocycles. The van der Waals surface area contributed by atoms with Gasteiger partial charge in [-0.1, -0.05) is 30.3 Å². The van der Waals surface area contributed by atoms with Gasteiger partial charge in [0.25, 0.3) is 5.91 Å². The van der Waals surface area contributed by atoms with Gasteiger partial charge in [-0.3, -0.25) is 10.1 Å². The molecule has 3 N–H and O–H groups in total. The van der Waals surface area contributed by atoms with Crippen LogP contribution >= 0.6 is 0 Å². The molecule has 25 heavy (non-hydrogen) atoms. The Morgan fingerprint density at radius 1 is 1.08 bits per heavy atom. The lowest BCUT2D eigenvalue weighted by molar-refractivity contribution is -0.885. The molecule has 1 heterocycles. The summed E-state index contributed by atoms with van der Waals surface area (Å²) in [6, 6.07) is 14.4. The molecular formula is C18H20N3O4+. The average molecular weight is 342 g/mol. The number of fused-ring (bicyclic) bond motifs is 1. The minimum Gasteiger partial charge on any atom is -0.454 e. The maximum absolute atomic E-state index is 12.0. The van der Waals surface area contributed by atoms with Crippen molar-refractivity contribution in [2.45, 2.75) is 6.54 Å². The molecule has 1 atom stereocenters. The van der Waals surface area contributed by atoms with Gasteiger partial charge in [-0.2, -0.15) is 0 Å². The summed E-state index contributed by atoms with van der Waals surface area (Å²) in [4.78, 5) is 24.9. The minimum absolute atomic E-state index is 0.167. The lowest BCUT2D eigenvalue weighted by Crippen LogP contribution is -3.09. The Kier molecular flexibility index (Phi) is 5.15. The Morgan fingerprint density at radius 2 is 1.84 bits per heavy atom. The first-order valence-corrected chi connectivity index (χ1v) is 7.96. The zero-order valence-electron chi connectivity index (χ0n) is 13.9. The average Bonchev–Trinajstić information content (AvgIpc) is 3.02. The fourth-order valence-corrected chi connectivity index (χ4v) is 2.59. The predicted molar refractivity (Wildman–Crippen MR) is 91.6 cm³/mol. The van der Waals surface area contributed by atoms with Crippen LogP contribution in [0.5, 0.6) is 11.5 Å². The van der Waals surface area contributed by atoms with Crippen molar-refractivity contribution in [1.29, 1.82) is 0 Å². The van der Waals surface area contributed by atoms with Gasteiger partial charge in [-0.05, 0) is 12.1 Å². The number of anilines is 1. The van der Waals surface area contributed by atoms with Gasteiger partial charge in [0.1, 0.15) is 6.54 Å². The monoisotopic (exact) mass is 342 g/mol. The van der Waals surface area contributed by atoms with Crippen LogP contribution in [0.1, 0.15) is 5.56 Å². The van der Waals surface area contributed by atoms with Gasteiger partial charge in [0.2, 0.25) is 6.79 Å². The zero-order valence-corrected chi connectivity index (χ0v) is 13.9. The van der Waals surface area contributed by atoms with Gasteiger partial charge in [0.15, 0.2) is 18.0 Å². The summed E-state index contributed by atoms with van der Waals surface area (Å²) in [5.74, 6) is 0.857. The maximum Gasteiger partial charge on any atom is 0.326 e. The second kappa shape index (κ2) is 7.67. The van der Waals surface area contributed by atoms with Crippen molar-refractivity contribution < 1.29 is 24.0 Å². The van der Waals surface area contributed by atoms with Crippen molar-refractivity contribution in [3.8, 4) is 11.5 Å². The van der Waals surface area contributed by atoms with Crippen LogP contribution < -0.4 is 25.0 Å². The summed E-state index contributed by atoms with van der Waals surface area (Å²) in [6.07, 6.45) is 0. The molecule has 1 aliphatic rings. The first-order valence-electron chi connectivity index (χ1n) is 7.96. The molecule has 3 rings (SSSR count). The number of benzene rings is 2. The van der Waals surface area contributed by atoms with Gasteiger partial charge in [-0.25, -0.2) is 4.79 Å². The summed E-state index contributed by atoms with van der Waals surface area (Å²) in [5, 5.41) is 4.94. The molecule has 0 spiro atoms. The smallest absolute Gasteiger partial charge is 0.326 e. The Hall–Kier alpha value is -3.06. The zero-order chi connectivity index (χ0) is 17.6. The first-order chi connectivity index (χ1) is 12.1. The van der Waals surface area contributed by atoms with Crippen molar-refractivity contribution in [3.05, 3.63) is 54.1 Å². The fraction of sp³-hybridized carbons (Fsp3) is 0.222. The van der Waals surface area contributed by atoms with E-state index in [9.17, 15) is 9.59 Å². The molecule has 0 aromatic heterocycles. The summed E-state index contributed by atoms with van der Waals surface area (Å²) in [5.41, 5.74) is 1.66. The number of hydrogen-bond acceptors (Lipinski definition) is 4. The first kappa shape index (κ1) is 16.8. The summed E-state index contributed by atoms with van der Waals surface area (Å²) in [7, 11) is 1.91. The molecule has 7 nitrogen and oxygen atoms in total. The highest BCUT2D eigenvalue weighted by atomic mass is 16.7. The van der Waals surface area contributed by atoms with Crippen molar-refractivity contribution in [2.24, 2.45) is 0 Å². The number of nitrogens with one attached hydrogen (secondary N) is 3. The van der Waals surface area contributed by atoms with Gasteiger partial charge in [0, 0.05) is 17.3 Å². The number of ether oxygens (including phenoxy) is 2. The lowest BCUT2D eigenvalue weighted by Gasteiger charge is -2.13. The van der Waals surface area contributed by atoms with Gasteiger partial charge in [0.05, 0.1) is 7.05 Å². The lowest BCUT2D eigenvalue weighted by atomic mass is 10.2. The third-order valence-electron chi connectivity index (χ3n) is 3.69. The molecular weight excluding hydrogens is 322 g/mol. The second-order valence-corrected chi connectivity index (χ2v) is 5.87. The normalized spacial score (nSPS) is 13.2. The molecule has 2 aromatic rings. The molecule has 3 amide bonds. The molecule has 0 radical (unpaired) electrons. The molecule has 130 valence electrons. The van der Waals surface area contributed by atoms with E-state index >= 15 is 0 Å². The molecule has 7 heteroatoms. The van der Waals surface area contributed by atoms with E-state index in [1.165, 1.54) is 0 Å². The maximum atomic E-state index is 12.0. The Bertz CT molecular complexity index is 764. The van der Waals surface area contributed by atoms with Gasteiger partial charge < -0.3 is 19.7 Å². The van der Waals surface area contributed by atoms with Crippen LogP contribution in [-0.2, 0) is 11.3 Å². The number of quaternary nitrogens is 1. The van der Waals surface area contributed by atoms with Crippen molar-refractivity contribution >= 4 is 17.6 Å². The van der Waals surface area contributed by atoms with E-state index in [4.69, 9.17) is 9.47 Å². The summed E-state index contributed by atoms with van der Waals surface area (Å²) < 4.78 is 10.5. The number of carbonyl (C=O) groups is 2. The number of imide groups is 1. The largest absolute Gasteiger partial charge is 0.454 e. The van der Waals surface area contributed by atoms with E-state index in [1.807, 2.05) is 37.4 Å². The van der Waals surface area contributed by atoms with E-state index in [1.54, 1.807) is 18.2 Å². The number of urea groups is 1. The standard InChI is InChI=1S/C18H19N3O4/c1-21(10-13-5-3-2-4-6-13)11-17(22)20-18(23)19-14-7-8-15-16(9-14)25-12-24-15/h2-9H,10-12H2,1H3,(H2,19,20,22,23)/p+1. The van der Waals surface area contributed by atoms with Crippen molar-refractivity contribution in [3.63, 3.8) is 0 Å².